The highest BCUT2D eigenvalue weighted by Crippen LogP contribution is 2.30. The van der Waals surface area contributed by atoms with Crippen molar-refractivity contribution in [1.29, 1.82) is 0 Å². The Labute approximate surface area is 158 Å². The molecule has 0 radical (unpaired) electrons. The van der Waals surface area contributed by atoms with Gasteiger partial charge in [0.25, 0.3) is 5.89 Å². The van der Waals surface area contributed by atoms with Crippen LogP contribution in [-0.2, 0) is 0 Å². The fourth-order valence-corrected chi connectivity index (χ4v) is 2.97. The van der Waals surface area contributed by atoms with Crippen molar-refractivity contribution in [2.24, 2.45) is 0 Å². The van der Waals surface area contributed by atoms with Crippen LogP contribution in [0.25, 0.3) is 34.2 Å². The summed E-state index contributed by atoms with van der Waals surface area (Å²) in [6.07, 6.45) is 0. The standard InChI is InChI=1S/C18H12Cl2N4O2/c1-25-12-4-2-3-10(7-12)15-9-16(23-22-15)18-21-17(24-26-18)13-6-5-11(19)8-14(13)20/h2-9H,1H3,(H,22,23). The number of hydrogen-bond acceptors (Lipinski definition) is 5. The van der Waals surface area contributed by atoms with E-state index in [1.54, 1.807) is 25.3 Å². The van der Waals surface area contributed by atoms with Gasteiger partial charge in [-0.15, -0.1) is 0 Å². The van der Waals surface area contributed by atoms with Gasteiger partial charge in [0, 0.05) is 16.1 Å². The Morgan fingerprint density at radius 2 is 1.96 bits per heavy atom. The first-order valence-electron chi connectivity index (χ1n) is 7.63. The van der Waals surface area contributed by atoms with Crippen LogP contribution >= 0.6 is 23.2 Å². The van der Waals surface area contributed by atoms with Crippen LogP contribution in [0.15, 0.2) is 53.1 Å². The molecule has 0 fully saturated rings. The third-order valence-corrected chi connectivity index (χ3v) is 4.32. The number of ether oxygens (including phenoxy) is 1. The van der Waals surface area contributed by atoms with E-state index in [0.717, 1.165) is 17.0 Å². The van der Waals surface area contributed by atoms with Crippen LogP contribution in [0.1, 0.15) is 0 Å². The van der Waals surface area contributed by atoms with E-state index in [2.05, 4.69) is 20.3 Å². The molecule has 0 saturated carbocycles. The van der Waals surface area contributed by atoms with Gasteiger partial charge in [-0.05, 0) is 36.4 Å². The van der Waals surface area contributed by atoms with Crippen molar-refractivity contribution in [3.63, 3.8) is 0 Å². The molecule has 2 heterocycles. The molecule has 1 N–H and O–H groups in total. The number of methoxy groups -OCH3 is 1. The Balaban J connectivity index is 1.65. The normalized spacial score (nSPS) is 10.9. The van der Waals surface area contributed by atoms with Crippen LogP contribution in [0.2, 0.25) is 10.0 Å². The highest BCUT2D eigenvalue weighted by atomic mass is 35.5. The Bertz CT molecular complexity index is 1070. The van der Waals surface area contributed by atoms with Crippen molar-refractivity contribution < 1.29 is 9.26 Å². The average Bonchev–Trinajstić information content (AvgIpc) is 3.31. The number of benzene rings is 2. The number of H-pyrrole nitrogens is 1. The molecule has 0 aliphatic rings. The fourth-order valence-electron chi connectivity index (χ4n) is 2.47. The minimum Gasteiger partial charge on any atom is -0.497 e. The second-order valence-electron chi connectivity index (χ2n) is 5.45. The lowest BCUT2D eigenvalue weighted by Crippen LogP contribution is -1.83. The summed E-state index contributed by atoms with van der Waals surface area (Å²) < 4.78 is 10.6. The van der Waals surface area contributed by atoms with Gasteiger partial charge < -0.3 is 9.26 Å². The number of hydrogen-bond donors (Lipinski definition) is 1. The SMILES string of the molecule is COc1cccc(-c2cc(-c3nc(-c4ccc(Cl)cc4Cl)no3)[nH]n2)c1. The Kier molecular flexibility index (Phi) is 4.36. The highest BCUT2D eigenvalue weighted by Gasteiger charge is 2.16. The van der Waals surface area contributed by atoms with E-state index < -0.39 is 0 Å². The van der Waals surface area contributed by atoms with Crippen molar-refractivity contribution >= 4 is 23.2 Å². The van der Waals surface area contributed by atoms with E-state index in [9.17, 15) is 0 Å². The van der Waals surface area contributed by atoms with Crippen molar-refractivity contribution in [3.05, 3.63) is 58.6 Å². The summed E-state index contributed by atoms with van der Waals surface area (Å²) in [7, 11) is 1.62. The van der Waals surface area contributed by atoms with Crippen molar-refractivity contribution in [1.82, 2.24) is 20.3 Å². The Morgan fingerprint density at radius 3 is 2.77 bits per heavy atom. The number of nitrogens with zero attached hydrogens (tertiary/aromatic N) is 3. The van der Waals surface area contributed by atoms with E-state index in [4.69, 9.17) is 32.5 Å². The van der Waals surface area contributed by atoms with E-state index in [1.165, 1.54) is 0 Å². The second-order valence-corrected chi connectivity index (χ2v) is 6.29. The van der Waals surface area contributed by atoms with Crippen LogP contribution in [0.4, 0.5) is 0 Å². The molecule has 4 aromatic rings. The number of aromatic nitrogens is 4. The Morgan fingerprint density at radius 1 is 1.08 bits per heavy atom. The molecule has 0 aliphatic carbocycles. The quantitative estimate of drug-likeness (QED) is 0.527. The van der Waals surface area contributed by atoms with E-state index in [0.29, 0.717) is 33.0 Å². The average molecular weight is 387 g/mol. The van der Waals surface area contributed by atoms with Crippen LogP contribution in [0, 0.1) is 0 Å². The molecule has 0 atom stereocenters. The lowest BCUT2D eigenvalue weighted by Gasteiger charge is -2.00. The van der Waals surface area contributed by atoms with E-state index in [-0.39, 0.29) is 0 Å². The molecule has 8 heteroatoms. The molecule has 0 saturated heterocycles. The summed E-state index contributed by atoms with van der Waals surface area (Å²) in [4.78, 5) is 4.38. The molecule has 26 heavy (non-hydrogen) atoms. The summed E-state index contributed by atoms with van der Waals surface area (Å²) in [6, 6.07) is 14.5. The van der Waals surface area contributed by atoms with Gasteiger partial charge in [-0.1, -0.05) is 40.5 Å². The summed E-state index contributed by atoms with van der Waals surface area (Å²) in [5, 5.41) is 12.2. The summed E-state index contributed by atoms with van der Waals surface area (Å²) in [5.74, 6) is 1.44. The van der Waals surface area contributed by atoms with Crippen molar-refractivity contribution in [3.8, 4) is 40.0 Å². The second kappa shape index (κ2) is 6.82. The van der Waals surface area contributed by atoms with Gasteiger partial charge in [-0.25, -0.2) is 0 Å². The maximum atomic E-state index is 6.19. The smallest absolute Gasteiger partial charge is 0.276 e. The summed E-state index contributed by atoms with van der Waals surface area (Å²) >= 11 is 12.1. The number of rotatable bonds is 4. The maximum absolute atomic E-state index is 6.19. The van der Waals surface area contributed by atoms with Gasteiger partial charge in [-0.2, -0.15) is 10.1 Å². The zero-order chi connectivity index (χ0) is 18.1. The summed E-state index contributed by atoms with van der Waals surface area (Å²) in [5.41, 5.74) is 2.89. The molecule has 0 aliphatic heterocycles. The first kappa shape index (κ1) is 16.6. The molecule has 0 amide bonds. The van der Waals surface area contributed by atoms with Crippen LogP contribution in [0.3, 0.4) is 0 Å². The molecule has 4 rings (SSSR count). The monoisotopic (exact) mass is 386 g/mol. The predicted octanol–water partition coefficient (Wildman–Crippen LogP) is 5.11. The summed E-state index contributed by atoms with van der Waals surface area (Å²) in [6.45, 7) is 0. The maximum Gasteiger partial charge on any atom is 0.276 e. The van der Waals surface area contributed by atoms with Gasteiger partial charge in [0.15, 0.2) is 0 Å². The third-order valence-electron chi connectivity index (χ3n) is 3.77. The third kappa shape index (κ3) is 3.16. The highest BCUT2D eigenvalue weighted by molar-refractivity contribution is 6.36. The number of aromatic amines is 1. The largest absolute Gasteiger partial charge is 0.497 e. The number of nitrogens with one attached hydrogen (secondary N) is 1. The first-order valence-corrected chi connectivity index (χ1v) is 8.39. The fraction of sp³-hybridized carbons (Fsp3) is 0.0556. The molecule has 0 spiro atoms. The molecular formula is C18H12Cl2N4O2. The van der Waals surface area contributed by atoms with Crippen LogP contribution in [-0.4, -0.2) is 27.4 Å². The van der Waals surface area contributed by atoms with Crippen LogP contribution < -0.4 is 4.74 Å². The molecule has 2 aromatic carbocycles. The molecular weight excluding hydrogens is 375 g/mol. The molecule has 130 valence electrons. The van der Waals surface area contributed by atoms with Crippen LogP contribution in [0.5, 0.6) is 5.75 Å². The van der Waals surface area contributed by atoms with E-state index >= 15 is 0 Å². The predicted molar refractivity (Wildman–Crippen MR) is 99.3 cm³/mol. The first-order chi connectivity index (χ1) is 12.6. The van der Waals surface area contributed by atoms with Gasteiger partial charge in [0.1, 0.15) is 11.4 Å². The van der Waals surface area contributed by atoms with Gasteiger partial charge in [0.2, 0.25) is 5.82 Å². The molecule has 6 nitrogen and oxygen atoms in total. The lowest BCUT2D eigenvalue weighted by atomic mass is 10.1. The van der Waals surface area contributed by atoms with Gasteiger partial charge in [0.05, 0.1) is 17.8 Å². The van der Waals surface area contributed by atoms with Gasteiger partial charge >= 0.3 is 0 Å². The zero-order valence-corrected chi connectivity index (χ0v) is 15.0. The van der Waals surface area contributed by atoms with E-state index in [1.807, 2.05) is 30.3 Å². The molecule has 0 unspecified atom stereocenters. The molecule has 0 bridgehead atoms. The number of halogens is 2. The minimum atomic E-state index is 0.313. The topological polar surface area (TPSA) is 76.8 Å². The van der Waals surface area contributed by atoms with Crippen molar-refractivity contribution in [2.45, 2.75) is 0 Å². The van der Waals surface area contributed by atoms with Crippen molar-refractivity contribution in [2.75, 3.05) is 7.11 Å². The lowest BCUT2D eigenvalue weighted by molar-refractivity contribution is 0.415. The molecule has 2 aromatic heterocycles. The van der Waals surface area contributed by atoms with Gasteiger partial charge in [-0.3, -0.25) is 5.10 Å². The minimum absolute atomic E-state index is 0.313. The Hall–Kier alpha value is -2.83. The zero-order valence-electron chi connectivity index (χ0n) is 13.5.